The first kappa shape index (κ1) is 21.2. The Morgan fingerprint density at radius 2 is 1.86 bits per heavy atom. The normalized spacial score (nSPS) is 12.4. The van der Waals surface area contributed by atoms with E-state index in [1.54, 1.807) is 7.11 Å². The maximum atomic E-state index is 12.3. The summed E-state index contributed by atoms with van der Waals surface area (Å²) in [6, 6.07) is 7.63. The Kier molecular flexibility index (Phi) is 9.69. The fraction of sp³-hybridized carbons (Fsp3) is 0.562. The topological polar surface area (TPSA) is 64.4 Å². The molecule has 1 amide bonds. The second kappa shape index (κ2) is 10.1. The molecule has 0 fully saturated rings. The van der Waals surface area contributed by atoms with Crippen LogP contribution in [0.3, 0.4) is 0 Å². The van der Waals surface area contributed by atoms with E-state index >= 15 is 0 Å². The van der Waals surface area contributed by atoms with Crippen molar-refractivity contribution in [2.75, 3.05) is 13.7 Å². The molecule has 1 atom stereocenters. The van der Waals surface area contributed by atoms with E-state index in [9.17, 15) is 4.79 Å². The van der Waals surface area contributed by atoms with Gasteiger partial charge >= 0.3 is 0 Å². The van der Waals surface area contributed by atoms with Crippen molar-refractivity contribution in [2.24, 2.45) is 5.73 Å². The van der Waals surface area contributed by atoms with Crippen LogP contribution in [0, 0.1) is 0 Å². The van der Waals surface area contributed by atoms with E-state index in [-0.39, 0.29) is 36.4 Å². The molecule has 0 aliphatic rings. The molecule has 126 valence electrons. The van der Waals surface area contributed by atoms with Gasteiger partial charge in [0.1, 0.15) is 0 Å². The summed E-state index contributed by atoms with van der Waals surface area (Å²) in [6.07, 6.45) is 1.62. The lowest BCUT2D eigenvalue weighted by molar-refractivity contribution is -0.125. The van der Waals surface area contributed by atoms with Crippen molar-refractivity contribution in [3.63, 3.8) is 0 Å². The van der Waals surface area contributed by atoms with E-state index in [2.05, 4.69) is 19.2 Å². The van der Waals surface area contributed by atoms with Gasteiger partial charge in [0.2, 0.25) is 5.91 Å². The van der Waals surface area contributed by atoms with Crippen LogP contribution >= 0.6 is 24.0 Å². The van der Waals surface area contributed by atoms with Crippen LogP contribution in [0.25, 0.3) is 0 Å². The number of hydrogen-bond donors (Lipinski definition) is 2. The van der Waals surface area contributed by atoms with Crippen molar-refractivity contribution in [1.29, 1.82) is 0 Å². The first-order valence-corrected chi connectivity index (χ1v) is 7.69. The van der Waals surface area contributed by atoms with Gasteiger partial charge in [0.05, 0.1) is 18.1 Å². The summed E-state index contributed by atoms with van der Waals surface area (Å²) in [4.78, 5) is 12.3. The molecule has 3 N–H and O–H groups in total. The minimum Gasteiger partial charge on any atom is -0.380 e. The molecule has 4 nitrogen and oxygen atoms in total. The highest BCUT2D eigenvalue weighted by Gasteiger charge is 2.30. The van der Waals surface area contributed by atoms with Gasteiger partial charge in [-0.15, -0.1) is 12.4 Å². The van der Waals surface area contributed by atoms with Gasteiger partial charge in [-0.25, -0.2) is 0 Å². The molecule has 0 saturated heterocycles. The molecule has 0 saturated carbocycles. The molecule has 0 aliphatic heterocycles. The Morgan fingerprint density at radius 3 is 2.27 bits per heavy atom. The fourth-order valence-corrected chi connectivity index (χ4v) is 2.59. The number of carbonyl (C=O) groups is 1. The van der Waals surface area contributed by atoms with Gasteiger partial charge in [0.25, 0.3) is 0 Å². The number of ether oxygens (including phenoxy) is 1. The van der Waals surface area contributed by atoms with Crippen LogP contribution in [-0.2, 0) is 15.1 Å². The van der Waals surface area contributed by atoms with Gasteiger partial charge in [-0.1, -0.05) is 37.6 Å². The van der Waals surface area contributed by atoms with E-state index in [0.717, 1.165) is 18.4 Å². The van der Waals surface area contributed by atoms with Gasteiger partial charge in [-0.2, -0.15) is 0 Å². The third kappa shape index (κ3) is 5.43. The zero-order valence-electron chi connectivity index (χ0n) is 13.4. The van der Waals surface area contributed by atoms with Crippen molar-refractivity contribution in [2.45, 2.75) is 44.8 Å². The second-order valence-electron chi connectivity index (χ2n) is 5.14. The predicted octanol–water partition coefficient (Wildman–Crippen LogP) is 3.26. The third-order valence-electron chi connectivity index (χ3n) is 3.99. The maximum absolute atomic E-state index is 12.3. The van der Waals surface area contributed by atoms with Crippen LogP contribution in [0.15, 0.2) is 24.3 Å². The monoisotopic (exact) mass is 348 g/mol. The van der Waals surface area contributed by atoms with Crippen molar-refractivity contribution in [3.05, 3.63) is 34.9 Å². The van der Waals surface area contributed by atoms with Crippen LogP contribution in [-0.4, -0.2) is 25.7 Å². The van der Waals surface area contributed by atoms with Crippen LogP contribution in [0.2, 0.25) is 5.02 Å². The van der Waals surface area contributed by atoms with Crippen LogP contribution in [0.1, 0.15) is 38.7 Å². The van der Waals surface area contributed by atoms with Gasteiger partial charge in [-0.05, 0) is 30.5 Å². The van der Waals surface area contributed by atoms with Crippen molar-refractivity contribution in [1.82, 2.24) is 5.32 Å². The Bertz CT molecular complexity index is 444. The number of rotatable bonds is 8. The van der Waals surface area contributed by atoms with E-state index in [1.165, 1.54) is 0 Å². The molecule has 0 aromatic heterocycles. The van der Waals surface area contributed by atoms with Crippen LogP contribution < -0.4 is 11.1 Å². The SMILES string of the molecule is CCC(CC)(NC(=O)CC(CN)OC)c1ccc(Cl)cc1.Cl. The highest BCUT2D eigenvalue weighted by molar-refractivity contribution is 6.30. The summed E-state index contributed by atoms with van der Waals surface area (Å²) in [7, 11) is 1.57. The zero-order valence-corrected chi connectivity index (χ0v) is 15.0. The predicted molar refractivity (Wildman–Crippen MR) is 93.6 cm³/mol. The van der Waals surface area contributed by atoms with Crippen molar-refractivity contribution >= 4 is 29.9 Å². The Morgan fingerprint density at radius 1 is 1.32 bits per heavy atom. The molecule has 0 radical (unpaired) electrons. The number of nitrogens with one attached hydrogen (secondary N) is 1. The lowest BCUT2D eigenvalue weighted by atomic mass is 9.84. The molecule has 0 heterocycles. The average molecular weight is 349 g/mol. The molecule has 22 heavy (non-hydrogen) atoms. The first-order chi connectivity index (χ1) is 10.0. The van der Waals surface area contributed by atoms with Crippen molar-refractivity contribution in [3.8, 4) is 0 Å². The van der Waals surface area contributed by atoms with E-state index in [1.807, 2.05) is 24.3 Å². The number of halogens is 2. The van der Waals surface area contributed by atoms with Crippen LogP contribution in [0.5, 0.6) is 0 Å². The highest BCUT2D eigenvalue weighted by Crippen LogP contribution is 2.29. The summed E-state index contributed by atoms with van der Waals surface area (Å²) >= 11 is 5.94. The number of amides is 1. The smallest absolute Gasteiger partial charge is 0.223 e. The van der Waals surface area contributed by atoms with Gasteiger partial charge < -0.3 is 15.8 Å². The van der Waals surface area contributed by atoms with Gasteiger partial charge in [0.15, 0.2) is 0 Å². The quantitative estimate of drug-likeness (QED) is 0.757. The zero-order chi connectivity index (χ0) is 15.9. The summed E-state index contributed by atoms with van der Waals surface area (Å²) in [6.45, 7) is 4.46. The molecule has 0 bridgehead atoms. The van der Waals surface area contributed by atoms with Gasteiger partial charge in [-0.3, -0.25) is 4.79 Å². The maximum Gasteiger partial charge on any atom is 0.223 e. The lowest BCUT2D eigenvalue weighted by Crippen LogP contribution is -2.46. The van der Waals surface area contributed by atoms with Gasteiger partial charge in [0, 0.05) is 18.7 Å². The third-order valence-corrected chi connectivity index (χ3v) is 4.24. The largest absolute Gasteiger partial charge is 0.380 e. The number of benzene rings is 1. The molecule has 1 aromatic carbocycles. The summed E-state index contributed by atoms with van der Waals surface area (Å²) in [5.74, 6) is -0.0500. The molecule has 6 heteroatoms. The Labute approximate surface area is 144 Å². The number of hydrogen-bond acceptors (Lipinski definition) is 3. The fourth-order valence-electron chi connectivity index (χ4n) is 2.46. The molecular formula is C16H26Cl2N2O2. The second-order valence-corrected chi connectivity index (χ2v) is 5.58. The Balaban J connectivity index is 0.00000441. The standard InChI is InChI=1S/C16H25ClN2O2.ClH/c1-4-16(5-2,12-6-8-13(17)9-7-12)19-15(20)10-14(11-18)21-3;/h6-9,14H,4-5,10-11,18H2,1-3H3,(H,19,20);1H. The number of nitrogens with two attached hydrogens (primary N) is 1. The van der Waals surface area contributed by atoms with E-state index in [4.69, 9.17) is 22.1 Å². The number of methoxy groups -OCH3 is 1. The van der Waals surface area contributed by atoms with Crippen molar-refractivity contribution < 1.29 is 9.53 Å². The summed E-state index contributed by atoms with van der Waals surface area (Å²) in [5, 5.41) is 3.84. The molecule has 0 spiro atoms. The first-order valence-electron chi connectivity index (χ1n) is 7.31. The minimum atomic E-state index is -0.380. The average Bonchev–Trinajstić information content (AvgIpc) is 2.51. The molecule has 0 aliphatic carbocycles. The molecule has 1 rings (SSSR count). The summed E-state index contributed by atoms with van der Waals surface area (Å²) in [5.41, 5.74) is 6.25. The summed E-state index contributed by atoms with van der Waals surface area (Å²) < 4.78 is 5.17. The van der Waals surface area contributed by atoms with Crippen LogP contribution in [0.4, 0.5) is 0 Å². The van der Waals surface area contributed by atoms with E-state index in [0.29, 0.717) is 11.6 Å². The highest BCUT2D eigenvalue weighted by atomic mass is 35.5. The van der Waals surface area contributed by atoms with E-state index < -0.39 is 0 Å². The molecule has 1 aromatic rings. The molecule has 1 unspecified atom stereocenters. The minimum absolute atomic E-state index is 0. The Hall–Kier alpha value is -0.810. The lowest BCUT2D eigenvalue weighted by Gasteiger charge is -2.34. The number of carbonyl (C=O) groups excluding carboxylic acids is 1. The molecular weight excluding hydrogens is 323 g/mol.